The number of hydrogen-bond acceptors (Lipinski definition) is 3. The normalized spacial score (nSPS) is 16.8. The molecule has 0 spiro atoms. The summed E-state index contributed by atoms with van der Waals surface area (Å²) in [5.41, 5.74) is 3.30. The summed E-state index contributed by atoms with van der Waals surface area (Å²) < 4.78 is 2.00. The average molecular weight is 340 g/mol. The summed E-state index contributed by atoms with van der Waals surface area (Å²) in [5, 5.41) is 11.3. The van der Waals surface area contributed by atoms with E-state index in [1.807, 2.05) is 48.3 Å². The lowest BCUT2D eigenvalue weighted by atomic mass is 9.88. The Morgan fingerprint density at radius 1 is 1.46 bits per heavy atom. The van der Waals surface area contributed by atoms with Crippen LogP contribution in [0.15, 0.2) is 36.8 Å². The maximum Gasteiger partial charge on any atom is 0.254 e. The largest absolute Gasteiger partial charge is 0.352 e. The molecule has 3 aromatic heterocycles. The Balaban J connectivity index is 1.44. The molecule has 6 heteroatoms. The Bertz CT molecular complexity index is 846. The standard InChI is InChI=1S/C18H20N4OS/c1-12-8-15(18(24-12)22-6-2-3-7-22)17(23)19-10-13-4-5-14-11-20-21-16(14)9-13/h2-3,6-8,11,13H,4-5,9-10H2,1H3,(H,19,23)(H,20,21). The number of carbonyl (C=O) groups is 1. The fourth-order valence-electron chi connectivity index (χ4n) is 3.31. The lowest BCUT2D eigenvalue weighted by molar-refractivity contribution is 0.0946. The van der Waals surface area contributed by atoms with Crippen LogP contribution in [0, 0.1) is 12.8 Å². The quantitative estimate of drug-likeness (QED) is 0.766. The number of hydrogen-bond donors (Lipinski definition) is 2. The van der Waals surface area contributed by atoms with E-state index in [0.29, 0.717) is 12.5 Å². The van der Waals surface area contributed by atoms with E-state index in [2.05, 4.69) is 15.5 Å². The van der Waals surface area contributed by atoms with Crippen molar-refractivity contribution in [1.29, 1.82) is 0 Å². The maximum absolute atomic E-state index is 12.7. The first-order valence-electron chi connectivity index (χ1n) is 8.24. The first-order valence-corrected chi connectivity index (χ1v) is 9.05. The van der Waals surface area contributed by atoms with Crippen LogP contribution in [0.1, 0.15) is 32.9 Å². The van der Waals surface area contributed by atoms with Gasteiger partial charge >= 0.3 is 0 Å². The SMILES string of the molecule is Cc1cc(C(=O)NCC2CCc3cn[nH]c3C2)c(-n2cccc2)s1. The molecule has 0 saturated carbocycles. The van der Waals surface area contributed by atoms with Gasteiger partial charge in [-0.15, -0.1) is 11.3 Å². The molecule has 4 rings (SSSR count). The Hall–Kier alpha value is -2.34. The number of amides is 1. The number of thiophene rings is 1. The molecule has 1 aliphatic rings. The van der Waals surface area contributed by atoms with Gasteiger partial charge in [-0.05, 0) is 55.9 Å². The van der Waals surface area contributed by atoms with Crippen molar-refractivity contribution in [2.45, 2.75) is 26.2 Å². The zero-order valence-electron chi connectivity index (χ0n) is 13.6. The van der Waals surface area contributed by atoms with Gasteiger partial charge in [0, 0.05) is 29.5 Å². The van der Waals surface area contributed by atoms with Gasteiger partial charge in [0.2, 0.25) is 0 Å². The van der Waals surface area contributed by atoms with Gasteiger partial charge in [-0.2, -0.15) is 5.10 Å². The van der Waals surface area contributed by atoms with Crippen molar-refractivity contribution in [3.8, 4) is 5.00 Å². The lowest BCUT2D eigenvalue weighted by Gasteiger charge is -2.21. The first-order chi connectivity index (χ1) is 11.7. The molecule has 0 fully saturated rings. The predicted octanol–water partition coefficient (Wildman–Crippen LogP) is 3.11. The molecular weight excluding hydrogens is 320 g/mol. The van der Waals surface area contributed by atoms with Crippen molar-refractivity contribution >= 4 is 17.2 Å². The van der Waals surface area contributed by atoms with Gasteiger partial charge in [0.15, 0.2) is 0 Å². The van der Waals surface area contributed by atoms with Crippen molar-refractivity contribution in [3.63, 3.8) is 0 Å². The van der Waals surface area contributed by atoms with Crippen molar-refractivity contribution in [3.05, 3.63) is 58.5 Å². The van der Waals surface area contributed by atoms with Gasteiger partial charge in [0.25, 0.3) is 5.91 Å². The number of nitrogens with one attached hydrogen (secondary N) is 2. The molecule has 0 radical (unpaired) electrons. The minimum Gasteiger partial charge on any atom is -0.352 e. The Morgan fingerprint density at radius 3 is 3.12 bits per heavy atom. The third-order valence-corrected chi connectivity index (χ3v) is 5.66. The Morgan fingerprint density at radius 2 is 2.29 bits per heavy atom. The summed E-state index contributed by atoms with van der Waals surface area (Å²) in [7, 11) is 0. The molecule has 5 nitrogen and oxygen atoms in total. The molecule has 3 heterocycles. The molecule has 0 aromatic carbocycles. The van der Waals surface area contributed by atoms with E-state index >= 15 is 0 Å². The van der Waals surface area contributed by atoms with E-state index in [4.69, 9.17) is 0 Å². The number of carbonyl (C=O) groups excluding carboxylic acids is 1. The van der Waals surface area contributed by atoms with Gasteiger partial charge in [-0.3, -0.25) is 9.89 Å². The molecule has 2 N–H and O–H groups in total. The zero-order valence-corrected chi connectivity index (χ0v) is 14.4. The lowest BCUT2D eigenvalue weighted by Crippen LogP contribution is -2.32. The number of aromatic nitrogens is 3. The van der Waals surface area contributed by atoms with Crippen molar-refractivity contribution in [2.75, 3.05) is 6.54 Å². The Kier molecular flexibility index (Phi) is 3.98. The molecule has 3 aromatic rings. The third-order valence-electron chi connectivity index (χ3n) is 4.59. The van der Waals surface area contributed by atoms with Crippen molar-refractivity contribution in [1.82, 2.24) is 20.1 Å². The van der Waals surface area contributed by atoms with Crippen LogP contribution in [0.3, 0.4) is 0 Å². The summed E-state index contributed by atoms with van der Waals surface area (Å²) in [5.74, 6) is 0.482. The van der Waals surface area contributed by atoms with Crippen LogP contribution >= 0.6 is 11.3 Å². The van der Waals surface area contributed by atoms with Gasteiger partial charge in [0.1, 0.15) is 5.00 Å². The number of rotatable bonds is 4. The molecule has 0 saturated heterocycles. The van der Waals surface area contributed by atoms with Crippen LogP contribution in [0.5, 0.6) is 0 Å². The minimum atomic E-state index is 0.0125. The van der Waals surface area contributed by atoms with E-state index in [0.717, 1.165) is 34.7 Å². The molecule has 124 valence electrons. The van der Waals surface area contributed by atoms with Crippen LogP contribution in [-0.4, -0.2) is 27.2 Å². The summed E-state index contributed by atoms with van der Waals surface area (Å²) in [4.78, 5) is 13.8. The van der Waals surface area contributed by atoms with E-state index in [-0.39, 0.29) is 5.91 Å². The summed E-state index contributed by atoms with van der Waals surface area (Å²) in [6.07, 6.45) is 8.97. The number of aryl methyl sites for hydroxylation is 2. The Labute approximate surface area is 144 Å². The van der Waals surface area contributed by atoms with Crippen LogP contribution < -0.4 is 5.32 Å². The molecule has 0 bridgehead atoms. The topological polar surface area (TPSA) is 62.7 Å². The highest BCUT2D eigenvalue weighted by Gasteiger charge is 2.22. The fraction of sp³-hybridized carbons (Fsp3) is 0.333. The zero-order chi connectivity index (χ0) is 16.5. The van der Waals surface area contributed by atoms with Crippen molar-refractivity contribution in [2.24, 2.45) is 5.92 Å². The van der Waals surface area contributed by atoms with Gasteiger partial charge in [-0.25, -0.2) is 0 Å². The van der Waals surface area contributed by atoms with Gasteiger partial charge in [-0.1, -0.05) is 0 Å². The maximum atomic E-state index is 12.7. The molecule has 1 aliphatic carbocycles. The van der Waals surface area contributed by atoms with Crippen LogP contribution in [0.2, 0.25) is 0 Å². The summed E-state index contributed by atoms with van der Waals surface area (Å²) >= 11 is 1.64. The van der Waals surface area contributed by atoms with Crippen LogP contribution in [0.25, 0.3) is 5.00 Å². The second-order valence-corrected chi connectivity index (χ2v) is 7.59. The molecule has 24 heavy (non-hydrogen) atoms. The first kappa shape index (κ1) is 15.2. The number of H-pyrrole nitrogens is 1. The second kappa shape index (κ2) is 6.28. The molecule has 1 amide bonds. The molecule has 0 aliphatic heterocycles. The summed E-state index contributed by atoms with van der Waals surface area (Å²) in [6, 6.07) is 5.92. The smallest absolute Gasteiger partial charge is 0.254 e. The van der Waals surface area contributed by atoms with E-state index < -0.39 is 0 Å². The highest BCUT2D eigenvalue weighted by Crippen LogP contribution is 2.27. The minimum absolute atomic E-state index is 0.0125. The predicted molar refractivity (Wildman–Crippen MR) is 94.8 cm³/mol. The highest BCUT2D eigenvalue weighted by atomic mass is 32.1. The molecular formula is C18H20N4OS. The monoisotopic (exact) mass is 340 g/mol. The van der Waals surface area contributed by atoms with Crippen LogP contribution in [0.4, 0.5) is 0 Å². The van der Waals surface area contributed by atoms with Crippen molar-refractivity contribution < 1.29 is 4.79 Å². The summed E-state index contributed by atoms with van der Waals surface area (Å²) in [6.45, 7) is 2.74. The number of fused-ring (bicyclic) bond motifs is 1. The van der Waals surface area contributed by atoms with Crippen LogP contribution in [-0.2, 0) is 12.8 Å². The molecule has 1 unspecified atom stereocenters. The van der Waals surface area contributed by atoms with E-state index in [9.17, 15) is 4.79 Å². The molecule has 1 atom stereocenters. The second-order valence-electron chi connectivity index (χ2n) is 6.36. The van der Waals surface area contributed by atoms with E-state index in [1.54, 1.807) is 11.3 Å². The van der Waals surface area contributed by atoms with Gasteiger partial charge in [0.05, 0.1) is 11.8 Å². The van der Waals surface area contributed by atoms with Gasteiger partial charge < -0.3 is 9.88 Å². The third kappa shape index (κ3) is 2.89. The average Bonchev–Trinajstić information content (AvgIpc) is 3.31. The number of nitrogens with zero attached hydrogens (tertiary/aromatic N) is 2. The fourth-order valence-corrected chi connectivity index (χ4v) is 4.28. The number of aromatic amines is 1. The highest BCUT2D eigenvalue weighted by molar-refractivity contribution is 7.14. The van der Waals surface area contributed by atoms with E-state index in [1.165, 1.54) is 11.3 Å².